The summed E-state index contributed by atoms with van der Waals surface area (Å²) in [5.74, 6) is 0.670. The van der Waals surface area contributed by atoms with E-state index in [1.165, 1.54) is 19.3 Å². The standard InChI is InChI=1S/C15H21NO2.C8H14O2.C7H7O/c1-12-6-5-9-14(10-12)16-15(17)18-11-13-7-3-2-4-8-13;1-6-3-2-4-7(5-6)8(9)10;8-6-7-4-2-1-3-5-7/h2-4,7-8,12,14H,5-6,9-11H2,1H3,(H,16,17);6-7H,2-5H2,1H3,(H,9,10);2-5,8H,6H2/q;;+1/t12-,14+;6-,7+;/m00./s1. The zero-order valence-corrected chi connectivity index (χ0v) is 21.7. The molecule has 0 spiro atoms. The van der Waals surface area contributed by atoms with Crippen molar-refractivity contribution < 1.29 is 24.5 Å². The Kier molecular flexibility index (Phi) is 13.6. The van der Waals surface area contributed by atoms with Gasteiger partial charge in [-0.25, -0.2) is 4.79 Å². The molecule has 3 aliphatic rings. The van der Waals surface area contributed by atoms with Gasteiger partial charge in [-0.05, 0) is 43.1 Å². The third kappa shape index (κ3) is 12.1. The second kappa shape index (κ2) is 16.7. The average Bonchev–Trinajstić information content (AvgIpc) is 2.89. The van der Waals surface area contributed by atoms with Gasteiger partial charge in [0.05, 0.1) is 30.2 Å². The molecule has 2 fully saturated rings. The van der Waals surface area contributed by atoms with E-state index >= 15 is 0 Å². The maximum absolute atomic E-state index is 11.7. The summed E-state index contributed by atoms with van der Waals surface area (Å²) < 4.78 is 5.22. The normalized spacial score (nSPS) is 24.5. The molecule has 6 heteroatoms. The lowest BCUT2D eigenvalue weighted by atomic mass is 9.83. The smallest absolute Gasteiger partial charge is 0.407 e. The largest absolute Gasteiger partial charge is 0.481 e. The number of aliphatic hydroxyl groups excluding tert-OH is 1. The summed E-state index contributed by atoms with van der Waals surface area (Å²) in [6, 6.07) is 10.0. The van der Waals surface area contributed by atoms with Gasteiger partial charge in [0.2, 0.25) is 0 Å². The molecular weight excluding hydrogens is 454 g/mol. The molecule has 4 atom stereocenters. The number of aliphatic carboxylic acids is 1. The van der Waals surface area contributed by atoms with E-state index in [1.807, 2.05) is 42.5 Å². The van der Waals surface area contributed by atoms with Crippen molar-refractivity contribution in [3.63, 3.8) is 0 Å². The number of hydrogen-bond acceptors (Lipinski definition) is 4. The number of nitrogens with one attached hydrogen (secondary N) is 1. The topological polar surface area (TPSA) is 95.9 Å². The zero-order valence-electron chi connectivity index (χ0n) is 21.7. The molecular formula is C30H42NO5+. The van der Waals surface area contributed by atoms with E-state index in [0.29, 0.717) is 18.4 Å². The quantitative estimate of drug-likeness (QED) is 0.420. The fourth-order valence-electron chi connectivity index (χ4n) is 4.68. The van der Waals surface area contributed by atoms with E-state index in [-0.39, 0.29) is 24.7 Å². The Morgan fingerprint density at radius 2 is 1.72 bits per heavy atom. The lowest BCUT2D eigenvalue weighted by Gasteiger charge is -2.27. The average molecular weight is 497 g/mol. The van der Waals surface area contributed by atoms with E-state index in [2.05, 4.69) is 25.2 Å². The van der Waals surface area contributed by atoms with Gasteiger partial charge in [0, 0.05) is 12.1 Å². The molecule has 0 aliphatic heterocycles. The number of carboxylic acid groups (broad SMARTS) is 1. The van der Waals surface area contributed by atoms with Crippen LogP contribution in [0.4, 0.5) is 4.79 Å². The maximum atomic E-state index is 11.7. The summed E-state index contributed by atoms with van der Waals surface area (Å²) in [6.07, 6.45) is 18.5. The van der Waals surface area contributed by atoms with Crippen LogP contribution in [0.3, 0.4) is 0 Å². The second-order valence-electron chi connectivity index (χ2n) is 10.0. The number of carboxylic acids is 1. The Morgan fingerprint density at radius 1 is 1.03 bits per heavy atom. The van der Waals surface area contributed by atoms with Crippen LogP contribution in [0.5, 0.6) is 0 Å². The van der Waals surface area contributed by atoms with Crippen LogP contribution < -0.4 is 5.32 Å². The lowest BCUT2D eigenvalue weighted by molar-refractivity contribution is -0.143. The van der Waals surface area contributed by atoms with Gasteiger partial charge in [0.15, 0.2) is 0 Å². The van der Waals surface area contributed by atoms with Gasteiger partial charge < -0.3 is 20.3 Å². The summed E-state index contributed by atoms with van der Waals surface area (Å²) in [5, 5.41) is 20.1. The molecule has 36 heavy (non-hydrogen) atoms. The minimum absolute atomic E-state index is 0.0521. The molecule has 4 rings (SSSR count). The first-order chi connectivity index (χ1) is 17.4. The van der Waals surface area contributed by atoms with Crippen molar-refractivity contribution in [3.8, 4) is 0 Å². The van der Waals surface area contributed by atoms with Crippen LogP contribution >= 0.6 is 0 Å². The number of rotatable bonds is 5. The van der Waals surface area contributed by atoms with E-state index in [9.17, 15) is 9.59 Å². The first kappa shape index (κ1) is 29.3. The molecule has 0 bridgehead atoms. The monoisotopic (exact) mass is 496 g/mol. The summed E-state index contributed by atoms with van der Waals surface area (Å²) >= 11 is 0. The predicted molar refractivity (Wildman–Crippen MR) is 142 cm³/mol. The highest BCUT2D eigenvalue weighted by atomic mass is 16.5. The van der Waals surface area contributed by atoms with Crippen LogP contribution in [0.25, 0.3) is 0 Å². The molecule has 0 radical (unpaired) electrons. The Bertz CT molecular complexity index is 877. The summed E-state index contributed by atoms with van der Waals surface area (Å²) in [7, 11) is 0. The minimum atomic E-state index is -0.605. The molecule has 0 unspecified atom stereocenters. The van der Waals surface area contributed by atoms with Gasteiger partial charge >= 0.3 is 12.1 Å². The number of allylic oxidation sites excluding steroid dienone is 4. The van der Waals surface area contributed by atoms with Gasteiger partial charge in [-0.15, -0.1) is 0 Å². The summed E-state index contributed by atoms with van der Waals surface area (Å²) in [5.41, 5.74) is 1.95. The SMILES string of the molecule is C[C@H]1CCC[C@@H](C(=O)O)C1.C[C@H]1CCC[C@@H](NC(=O)OCc2ccccc2)C1.OCC1=CC=[C+]C=C1. The van der Waals surface area contributed by atoms with Crippen molar-refractivity contribution in [1.82, 2.24) is 5.32 Å². The number of carbonyl (C=O) groups is 2. The molecule has 196 valence electrons. The minimum Gasteiger partial charge on any atom is -0.481 e. The predicted octanol–water partition coefficient (Wildman–Crippen LogP) is 6.22. The Labute approximate surface area is 216 Å². The van der Waals surface area contributed by atoms with Crippen molar-refractivity contribution in [2.24, 2.45) is 17.8 Å². The number of amides is 1. The number of benzene rings is 1. The molecule has 1 aromatic carbocycles. The zero-order chi connectivity index (χ0) is 26.2. The summed E-state index contributed by atoms with van der Waals surface area (Å²) in [6.45, 7) is 4.84. The third-order valence-corrected chi connectivity index (χ3v) is 6.73. The summed E-state index contributed by atoms with van der Waals surface area (Å²) in [4.78, 5) is 22.2. The van der Waals surface area contributed by atoms with Crippen LogP contribution in [0.2, 0.25) is 0 Å². The van der Waals surface area contributed by atoms with Gasteiger partial charge in [-0.2, -0.15) is 0 Å². The Balaban J connectivity index is 0.000000213. The fourth-order valence-corrected chi connectivity index (χ4v) is 4.68. The second-order valence-corrected chi connectivity index (χ2v) is 10.0. The molecule has 3 aliphatic carbocycles. The number of alkyl carbamates (subject to hydrolysis) is 1. The number of ether oxygens (including phenoxy) is 1. The van der Waals surface area contributed by atoms with E-state index in [1.54, 1.807) is 12.2 Å². The van der Waals surface area contributed by atoms with Crippen LogP contribution in [0.1, 0.15) is 70.8 Å². The highest BCUT2D eigenvalue weighted by Crippen LogP contribution is 2.28. The van der Waals surface area contributed by atoms with Gasteiger partial charge in [-0.3, -0.25) is 4.79 Å². The first-order valence-electron chi connectivity index (χ1n) is 13.1. The number of carbonyl (C=O) groups excluding carboxylic acids is 1. The fraction of sp³-hybridized carbons (Fsp3) is 0.533. The molecule has 1 amide bonds. The van der Waals surface area contributed by atoms with Crippen molar-refractivity contribution in [2.75, 3.05) is 6.61 Å². The number of hydrogen-bond donors (Lipinski definition) is 3. The third-order valence-electron chi connectivity index (χ3n) is 6.73. The first-order valence-corrected chi connectivity index (χ1v) is 13.1. The molecule has 1 aromatic rings. The van der Waals surface area contributed by atoms with Crippen LogP contribution in [0.15, 0.2) is 60.2 Å². The Morgan fingerprint density at radius 3 is 2.25 bits per heavy atom. The molecule has 0 aromatic heterocycles. The van der Waals surface area contributed by atoms with Gasteiger partial charge in [0.25, 0.3) is 0 Å². The van der Waals surface area contributed by atoms with Crippen LogP contribution in [0, 0.1) is 23.8 Å². The van der Waals surface area contributed by atoms with Gasteiger partial charge in [0.1, 0.15) is 18.8 Å². The van der Waals surface area contributed by atoms with Crippen molar-refractivity contribution in [2.45, 2.75) is 77.9 Å². The molecule has 3 N–H and O–H groups in total. The van der Waals surface area contributed by atoms with Crippen molar-refractivity contribution >= 4 is 12.1 Å². The van der Waals surface area contributed by atoms with Gasteiger partial charge in [-0.1, -0.05) is 69.9 Å². The Hall–Kier alpha value is -2.95. The van der Waals surface area contributed by atoms with Crippen LogP contribution in [-0.2, 0) is 16.1 Å². The molecule has 6 nitrogen and oxygen atoms in total. The molecule has 0 saturated heterocycles. The van der Waals surface area contributed by atoms with E-state index in [4.69, 9.17) is 14.9 Å². The van der Waals surface area contributed by atoms with E-state index < -0.39 is 5.97 Å². The highest BCUT2D eigenvalue weighted by molar-refractivity contribution is 5.70. The molecule has 0 heterocycles. The highest BCUT2D eigenvalue weighted by Gasteiger charge is 2.24. The lowest BCUT2D eigenvalue weighted by Crippen LogP contribution is -2.38. The van der Waals surface area contributed by atoms with Crippen LogP contribution in [-0.4, -0.2) is 34.9 Å². The maximum Gasteiger partial charge on any atom is 0.407 e. The van der Waals surface area contributed by atoms with E-state index in [0.717, 1.165) is 43.2 Å². The van der Waals surface area contributed by atoms with Crippen molar-refractivity contribution in [1.29, 1.82) is 0 Å². The number of aliphatic hydroxyl groups is 1. The van der Waals surface area contributed by atoms with Crippen molar-refractivity contribution in [3.05, 3.63) is 71.8 Å². The molecule has 2 saturated carbocycles.